The summed E-state index contributed by atoms with van der Waals surface area (Å²) >= 11 is 0. The third-order valence-corrected chi connectivity index (χ3v) is 6.86. The smallest absolute Gasteiger partial charge is 0.308 e. The van der Waals surface area contributed by atoms with Crippen molar-refractivity contribution >= 4 is 41.0 Å². The first kappa shape index (κ1) is 25.8. The molecule has 4 amide bonds. The Morgan fingerprint density at radius 3 is 2.03 bits per heavy atom. The van der Waals surface area contributed by atoms with Crippen molar-refractivity contribution in [2.45, 2.75) is 45.1 Å². The van der Waals surface area contributed by atoms with Crippen molar-refractivity contribution in [3.8, 4) is 5.75 Å². The van der Waals surface area contributed by atoms with Gasteiger partial charge in [-0.3, -0.25) is 28.9 Å². The van der Waals surface area contributed by atoms with Crippen molar-refractivity contribution in [1.82, 2.24) is 4.90 Å². The SMILES string of the molecule is CC(=O)Oc1cccc(C(=O)Nc2cccc(NC(=O)c3ccc4c(c3)C(=O)N(C3CCCCC3)C4=O)c2)c1. The number of imide groups is 1. The Kier molecular flexibility index (Phi) is 7.23. The molecule has 2 aliphatic rings. The molecule has 1 saturated carbocycles. The van der Waals surface area contributed by atoms with Gasteiger partial charge in [-0.15, -0.1) is 0 Å². The van der Waals surface area contributed by atoms with Crippen LogP contribution < -0.4 is 15.4 Å². The number of anilines is 2. The van der Waals surface area contributed by atoms with Gasteiger partial charge in [0.25, 0.3) is 23.6 Å². The number of benzene rings is 3. The fourth-order valence-corrected chi connectivity index (χ4v) is 5.02. The molecule has 0 bridgehead atoms. The minimum absolute atomic E-state index is 0.0921. The van der Waals surface area contributed by atoms with Gasteiger partial charge in [0, 0.05) is 35.5 Å². The van der Waals surface area contributed by atoms with Crippen LogP contribution in [0.4, 0.5) is 11.4 Å². The summed E-state index contributed by atoms with van der Waals surface area (Å²) in [5.41, 5.74) is 1.98. The number of ether oxygens (including phenoxy) is 1. The van der Waals surface area contributed by atoms with Crippen molar-refractivity contribution in [1.29, 1.82) is 0 Å². The van der Waals surface area contributed by atoms with Crippen LogP contribution in [0.5, 0.6) is 5.75 Å². The van der Waals surface area contributed by atoms with Crippen molar-refractivity contribution < 1.29 is 28.7 Å². The largest absolute Gasteiger partial charge is 0.427 e. The molecule has 0 aromatic heterocycles. The first-order valence-corrected chi connectivity index (χ1v) is 12.8. The Hall–Kier alpha value is -4.79. The topological polar surface area (TPSA) is 122 Å². The number of amides is 4. The van der Waals surface area contributed by atoms with Gasteiger partial charge in [0.1, 0.15) is 5.75 Å². The van der Waals surface area contributed by atoms with Crippen LogP contribution in [-0.4, -0.2) is 40.5 Å². The molecular weight excluding hydrogens is 498 g/mol. The fraction of sp³-hybridized carbons (Fsp3) is 0.233. The first-order valence-electron chi connectivity index (χ1n) is 12.8. The van der Waals surface area contributed by atoms with Crippen LogP contribution in [-0.2, 0) is 4.79 Å². The van der Waals surface area contributed by atoms with Crippen molar-refractivity contribution in [2.75, 3.05) is 10.6 Å². The number of fused-ring (bicyclic) bond motifs is 1. The molecule has 5 rings (SSSR count). The quantitative estimate of drug-likeness (QED) is 0.264. The summed E-state index contributed by atoms with van der Waals surface area (Å²) in [6.45, 7) is 1.28. The molecule has 198 valence electrons. The molecule has 0 saturated heterocycles. The number of esters is 1. The molecular formula is C30H27N3O6. The zero-order chi connectivity index (χ0) is 27.5. The van der Waals surface area contributed by atoms with Gasteiger partial charge in [0.2, 0.25) is 0 Å². The maximum atomic E-state index is 13.1. The van der Waals surface area contributed by atoms with E-state index >= 15 is 0 Å². The molecule has 1 aliphatic heterocycles. The van der Waals surface area contributed by atoms with Gasteiger partial charge in [-0.2, -0.15) is 0 Å². The summed E-state index contributed by atoms with van der Waals surface area (Å²) in [6.07, 6.45) is 4.71. The maximum Gasteiger partial charge on any atom is 0.308 e. The van der Waals surface area contributed by atoms with E-state index in [-0.39, 0.29) is 34.7 Å². The molecule has 0 unspecified atom stereocenters. The number of nitrogens with zero attached hydrogens (tertiary/aromatic N) is 1. The van der Waals surface area contributed by atoms with Crippen LogP contribution in [0.15, 0.2) is 66.7 Å². The van der Waals surface area contributed by atoms with Gasteiger partial charge in [-0.05, 0) is 67.4 Å². The summed E-state index contributed by atoms with van der Waals surface area (Å²) in [6, 6.07) is 17.3. The van der Waals surface area contributed by atoms with E-state index in [1.807, 2.05) is 0 Å². The molecule has 0 spiro atoms. The van der Waals surface area contributed by atoms with Crippen LogP contribution in [0.3, 0.4) is 0 Å². The lowest BCUT2D eigenvalue weighted by Crippen LogP contribution is -2.40. The fourth-order valence-electron chi connectivity index (χ4n) is 5.02. The first-order chi connectivity index (χ1) is 18.8. The van der Waals surface area contributed by atoms with E-state index in [4.69, 9.17) is 4.74 Å². The average Bonchev–Trinajstić information content (AvgIpc) is 3.18. The van der Waals surface area contributed by atoms with E-state index in [0.717, 1.165) is 32.1 Å². The number of nitrogens with one attached hydrogen (secondary N) is 2. The van der Waals surface area contributed by atoms with Gasteiger partial charge in [-0.25, -0.2) is 0 Å². The monoisotopic (exact) mass is 525 g/mol. The van der Waals surface area contributed by atoms with Gasteiger partial charge < -0.3 is 15.4 Å². The molecule has 3 aromatic carbocycles. The van der Waals surface area contributed by atoms with E-state index in [9.17, 15) is 24.0 Å². The predicted molar refractivity (Wildman–Crippen MR) is 144 cm³/mol. The van der Waals surface area contributed by atoms with Gasteiger partial charge >= 0.3 is 5.97 Å². The van der Waals surface area contributed by atoms with E-state index in [1.54, 1.807) is 42.5 Å². The molecule has 0 atom stereocenters. The number of hydrogen-bond donors (Lipinski definition) is 2. The Labute approximate surface area is 225 Å². The average molecular weight is 526 g/mol. The van der Waals surface area contributed by atoms with E-state index in [0.29, 0.717) is 22.5 Å². The van der Waals surface area contributed by atoms with Crippen molar-refractivity contribution in [3.05, 3.63) is 89.0 Å². The number of hydrogen-bond acceptors (Lipinski definition) is 6. The van der Waals surface area contributed by atoms with Crippen LogP contribution in [0.2, 0.25) is 0 Å². The third kappa shape index (κ3) is 5.57. The highest BCUT2D eigenvalue weighted by Gasteiger charge is 2.40. The summed E-state index contributed by atoms with van der Waals surface area (Å²) in [5, 5.41) is 5.53. The van der Waals surface area contributed by atoms with Crippen LogP contribution in [0.1, 0.15) is 80.5 Å². The van der Waals surface area contributed by atoms with Crippen molar-refractivity contribution in [3.63, 3.8) is 0 Å². The highest BCUT2D eigenvalue weighted by Crippen LogP contribution is 2.31. The molecule has 1 fully saturated rings. The molecule has 9 nitrogen and oxygen atoms in total. The Morgan fingerprint density at radius 2 is 1.36 bits per heavy atom. The summed E-state index contributed by atoms with van der Waals surface area (Å²) in [5.74, 6) is -1.75. The van der Waals surface area contributed by atoms with E-state index in [1.165, 1.54) is 36.1 Å². The summed E-state index contributed by atoms with van der Waals surface area (Å²) in [4.78, 5) is 64.3. The lowest BCUT2D eigenvalue weighted by Gasteiger charge is -2.29. The number of carbonyl (C=O) groups excluding carboxylic acids is 5. The summed E-state index contributed by atoms with van der Waals surface area (Å²) in [7, 11) is 0. The minimum atomic E-state index is -0.489. The van der Waals surface area contributed by atoms with E-state index in [2.05, 4.69) is 10.6 Å². The zero-order valence-corrected chi connectivity index (χ0v) is 21.4. The Balaban J connectivity index is 1.27. The third-order valence-electron chi connectivity index (χ3n) is 6.86. The highest BCUT2D eigenvalue weighted by molar-refractivity contribution is 6.22. The standard InChI is InChI=1S/C30H27N3O6/c1-18(34)39-24-12-5-7-19(15-24)27(35)31-21-8-6-9-22(17-21)32-28(36)20-13-14-25-26(16-20)30(38)33(29(25)37)23-10-3-2-4-11-23/h5-9,12-17,23H,2-4,10-11H2,1H3,(H,31,35)(H,32,36). The van der Waals surface area contributed by atoms with Gasteiger partial charge in [0.05, 0.1) is 11.1 Å². The minimum Gasteiger partial charge on any atom is -0.427 e. The van der Waals surface area contributed by atoms with Crippen molar-refractivity contribution in [2.24, 2.45) is 0 Å². The summed E-state index contributed by atoms with van der Waals surface area (Å²) < 4.78 is 5.03. The normalized spacial score (nSPS) is 15.1. The second-order valence-electron chi connectivity index (χ2n) is 9.64. The lowest BCUT2D eigenvalue weighted by atomic mass is 9.94. The van der Waals surface area contributed by atoms with Crippen LogP contribution in [0, 0.1) is 0 Å². The maximum absolute atomic E-state index is 13.1. The lowest BCUT2D eigenvalue weighted by molar-refractivity contribution is -0.131. The molecule has 2 N–H and O–H groups in total. The Morgan fingerprint density at radius 1 is 0.744 bits per heavy atom. The van der Waals surface area contributed by atoms with E-state index < -0.39 is 17.8 Å². The second kappa shape index (κ2) is 10.9. The van der Waals surface area contributed by atoms with Crippen LogP contribution in [0.25, 0.3) is 0 Å². The van der Waals surface area contributed by atoms with Crippen LogP contribution >= 0.6 is 0 Å². The molecule has 9 heteroatoms. The predicted octanol–water partition coefficient (Wildman–Crippen LogP) is 5.05. The molecule has 3 aromatic rings. The molecule has 0 radical (unpaired) electrons. The zero-order valence-electron chi connectivity index (χ0n) is 21.4. The highest BCUT2D eigenvalue weighted by atomic mass is 16.5. The molecule has 1 heterocycles. The van der Waals surface area contributed by atoms with Gasteiger partial charge in [0.15, 0.2) is 0 Å². The number of carbonyl (C=O) groups is 5. The second-order valence-corrected chi connectivity index (χ2v) is 9.64. The Bertz CT molecular complexity index is 1490. The number of rotatable bonds is 6. The van der Waals surface area contributed by atoms with Gasteiger partial charge in [-0.1, -0.05) is 31.4 Å². The molecule has 39 heavy (non-hydrogen) atoms. The molecule has 1 aliphatic carbocycles.